The second-order valence-corrected chi connectivity index (χ2v) is 6.28. The van der Waals surface area contributed by atoms with Crippen LogP contribution in [0.3, 0.4) is 0 Å². The first kappa shape index (κ1) is 12.7. The Labute approximate surface area is 104 Å². The number of thioether (sulfide) groups is 1. The number of likely N-dealkylation sites (N-methyl/N-ethyl adjacent to an activating group) is 1. The van der Waals surface area contributed by atoms with Crippen LogP contribution in [0.5, 0.6) is 0 Å². The molecule has 1 saturated carbocycles. The first-order valence-electron chi connectivity index (χ1n) is 6.36. The Balaban J connectivity index is 1.91. The molecule has 0 aromatic carbocycles. The molecular formula is C12H25N3S. The van der Waals surface area contributed by atoms with Crippen molar-refractivity contribution in [2.75, 3.05) is 45.2 Å². The molecule has 2 aliphatic rings. The van der Waals surface area contributed by atoms with Crippen LogP contribution >= 0.6 is 11.8 Å². The smallest absolute Gasteiger partial charge is 0.0467 e. The molecule has 1 saturated heterocycles. The van der Waals surface area contributed by atoms with Gasteiger partial charge in [0.05, 0.1) is 0 Å². The SMILES string of the molecule is CSCCN(C)C1(CN)CCN(C2CC2)C1. The predicted octanol–water partition coefficient (Wildman–Crippen LogP) is 0.847. The third kappa shape index (κ3) is 2.55. The molecule has 2 fully saturated rings. The van der Waals surface area contributed by atoms with Crippen LogP contribution in [-0.4, -0.2) is 66.6 Å². The van der Waals surface area contributed by atoms with E-state index in [0.717, 1.165) is 19.1 Å². The van der Waals surface area contributed by atoms with Gasteiger partial charge in [-0.3, -0.25) is 9.80 Å². The number of hydrogen-bond donors (Lipinski definition) is 1. The normalized spacial score (nSPS) is 31.5. The van der Waals surface area contributed by atoms with E-state index < -0.39 is 0 Å². The zero-order chi connectivity index (χ0) is 11.6. The van der Waals surface area contributed by atoms with Gasteiger partial charge < -0.3 is 5.73 Å². The zero-order valence-electron chi connectivity index (χ0n) is 10.6. The van der Waals surface area contributed by atoms with Crippen LogP contribution in [0.4, 0.5) is 0 Å². The van der Waals surface area contributed by atoms with Crippen LogP contribution in [0.1, 0.15) is 19.3 Å². The number of nitrogens with zero attached hydrogens (tertiary/aromatic N) is 2. The molecule has 1 unspecified atom stereocenters. The van der Waals surface area contributed by atoms with E-state index >= 15 is 0 Å². The average Bonchev–Trinajstić information content (AvgIpc) is 3.06. The zero-order valence-corrected chi connectivity index (χ0v) is 11.4. The van der Waals surface area contributed by atoms with Gasteiger partial charge in [0.2, 0.25) is 0 Å². The van der Waals surface area contributed by atoms with Gasteiger partial charge in [-0.1, -0.05) is 0 Å². The van der Waals surface area contributed by atoms with Gasteiger partial charge in [0.25, 0.3) is 0 Å². The summed E-state index contributed by atoms with van der Waals surface area (Å²) in [6.45, 7) is 4.42. The molecule has 0 aromatic rings. The standard InChI is InChI=1S/C12H25N3S/c1-14(7-8-16-2)12(9-13)5-6-15(10-12)11-3-4-11/h11H,3-10,13H2,1-2H3. The van der Waals surface area contributed by atoms with Crippen molar-refractivity contribution in [2.24, 2.45) is 5.73 Å². The molecule has 2 N–H and O–H groups in total. The average molecular weight is 243 g/mol. The van der Waals surface area contributed by atoms with Crippen LogP contribution in [-0.2, 0) is 0 Å². The van der Waals surface area contributed by atoms with E-state index in [0.29, 0.717) is 0 Å². The maximum atomic E-state index is 6.05. The van der Waals surface area contributed by atoms with Crippen molar-refractivity contribution in [2.45, 2.75) is 30.8 Å². The Morgan fingerprint density at radius 1 is 1.50 bits per heavy atom. The Morgan fingerprint density at radius 3 is 2.81 bits per heavy atom. The highest BCUT2D eigenvalue weighted by Gasteiger charge is 2.44. The molecule has 4 heteroatoms. The van der Waals surface area contributed by atoms with Crippen LogP contribution in [0.25, 0.3) is 0 Å². The first-order chi connectivity index (χ1) is 7.72. The van der Waals surface area contributed by atoms with Gasteiger partial charge in [0, 0.05) is 43.5 Å². The van der Waals surface area contributed by atoms with Crippen molar-refractivity contribution in [3.8, 4) is 0 Å². The van der Waals surface area contributed by atoms with Crippen LogP contribution in [0.15, 0.2) is 0 Å². The number of rotatable bonds is 6. The molecule has 1 aliphatic heterocycles. The summed E-state index contributed by atoms with van der Waals surface area (Å²) in [5.74, 6) is 1.21. The molecule has 0 aromatic heterocycles. The minimum absolute atomic E-state index is 0.262. The van der Waals surface area contributed by atoms with E-state index in [-0.39, 0.29) is 5.54 Å². The minimum atomic E-state index is 0.262. The van der Waals surface area contributed by atoms with Crippen molar-refractivity contribution < 1.29 is 0 Å². The van der Waals surface area contributed by atoms with Gasteiger partial charge in [-0.15, -0.1) is 0 Å². The molecule has 0 amide bonds. The summed E-state index contributed by atoms with van der Waals surface area (Å²) >= 11 is 1.92. The molecule has 94 valence electrons. The van der Waals surface area contributed by atoms with Gasteiger partial charge >= 0.3 is 0 Å². The molecule has 0 radical (unpaired) electrons. The van der Waals surface area contributed by atoms with Gasteiger partial charge in [-0.2, -0.15) is 11.8 Å². The van der Waals surface area contributed by atoms with Crippen molar-refractivity contribution >= 4 is 11.8 Å². The lowest BCUT2D eigenvalue weighted by Crippen LogP contribution is -2.54. The summed E-state index contributed by atoms with van der Waals surface area (Å²) < 4.78 is 0. The fourth-order valence-electron chi connectivity index (χ4n) is 2.74. The largest absolute Gasteiger partial charge is 0.329 e. The highest BCUT2D eigenvalue weighted by atomic mass is 32.2. The Bertz CT molecular complexity index is 232. The fraction of sp³-hybridized carbons (Fsp3) is 1.00. The second-order valence-electron chi connectivity index (χ2n) is 5.29. The van der Waals surface area contributed by atoms with Crippen LogP contribution in [0, 0.1) is 0 Å². The number of hydrogen-bond acceptors (Lipinski definition) is 4. The number of nitrogens with two attached hydrogens (primary N) is 1. The lowest BCUT2D eigenvalue weighted by atomic mass is 9.97. The molecule has 0 bridgehead atoms. The fourth-order valence-corrected chi connectivity index (χ4v) is 3.20. The molecule has 16 heavy (non-hydrogen) atoms. The first-order valence-corrected chi connectivity index (χ1v) is 7.75. The summed E-state index contributed by atoms with van der Waals surface area (Å²) in [6, 6.07) is 0.891. The maximum absolute atomic E-state index is 6.05. The van der Waals surface area contributed by atoms with E-state index in [1.54, 1.807) is 0 Å². The van der Waals surface area contributed by atoms with Gasteiger partial charge in [0.15, 0.2) is 0 Å². The monoisotopic (exact) mass is 243 g/mol. The number of likely N-dealkylation sites (tertiary alicyclic amines) is 1. The quantitative estimate of drug-likeness (QED) is 0.749. The van der Waals surface area contributed by atoms with Crippen molar-refractivity contribution in [1.82, 2.24) is 9.80 Å². The summed E-state index contributed by atoms with van der Waals surface area (Å²) in [7, 11) is 2.25. The Hall–Kier alpha value is 0.230. The molecule has 3 nitrogen and oxygen atoms in total. The maximum Gasteiger partial charge on any atom is 0.0467 e. The van der Waals surface area contributed by atoms with Gasteiger partial charge in [-0.05, 0) is 32.6 Å². The Kier molecular flexibility index (Phi) is 4.16. The van der Waals surface area contributed by atoms with Crippen molar-refractivity contribution in [1.29, 1.82) is 0 Å². The lowest BCUT2D eigenvalue weighted by Gasteiger charge is -2.38. The van der Waals surface area contributed by atoms with E-state index in [2.05, 4.69) is 23.1 Å². The molecule has 2 rings (SSSR count). The van der Waals surface area contributed by atoms with Crippen molar-refractivity contribution in [3.63, 3.8) is 0 Å². The van der Waals surface area contributed by atoms with E-state index in [1.807, 2.05) is 11.8 Å². The van der Waals surface area contributed by atoms with E-state index in [1.165, 1.54) is 38.1 Å². The van der Waals surface area contributed by atoms with E-state index in [9.17, 15) is 0 Å². The van der Waals surface area contributed by atoms with Crippen molar-refractivity contribution in [3.05, 3.63) is 0 Å². The van der Waals surface area contributed by atoms with Gasteiger partial charge in [-0.25, -0.2) is 0 Å². The molecule has 1 atom stereocenters. The summed E-state index contributed by atoms with van der Waals surface area (Å²) in [6.07, 6.45) is 6.25. The van der Waals surface area contributed by atoms with Crippen LogP contribution in [0.2, 0.25) is 0 Å². The summed E-state index contributed by atoms with van der Waals surface area (Å²) in [5.41, 5.74) is 6.31. The predicted molar refractivity (Wildman–Crippen MR) is 72.0 cm³/mol. The summed E-state index contributed by atoms with van der Waals surface area (Å²) in [4.78, 5) is 5.16. The lowest BCUT2D eigenvalue weighted by molar-refractivity contribution is 0.136. The van der Waals surface area contributed by atoms with E-state index in [4.69, 9.17) is 5.73 Å². The molecule has 1 heterocycles. The van der Waals surface area contributed by atoms with Gasteiger partial charge in [0.1, 0.15) is 0 Å². The third-order valence-electron chi connectivity index (χ3n) is 4.25. The molecule has 1 aliphatic carbocycles. The molecular weight excluding hydrogens is 218 g/mol. The highest BCUT2D eigenvalue weighted by Crippen LogP contribution is 2.35. The van der Waals surface area contributed by atoms with Crippen LogP contribution < -0.4 is 5.73 Å². The Morgan fingerprint density at radius 2 is 2.25 bits per heavy atom. The highest BCUT2D eigenvalue weighted by molar-refractivity contribution is 7.98. The molecule has 0 spiro atoms. The second kappa shape index (κ2) is 5.25. The topological polar surface area (TPSA) is 32.5 Å². The summed E-state index contributed by atoms with van der Waals surface area (Å²) in [5, 5.41) is 0. The third-order valence-corrected chi connectivity index (χ3v) is 4.84. The minimum Gasteiger partial charge on any atom is -0.329 e.